The normalized spacial score (nSPS) is 10.4. The summed E-state index contributed by atoms with van der Waals surface area (Å²) in [5.74, 6) is 1.40. The van der Waals surface area contributed by atoms with Gasteiger partial charge in [-0.15, -0.1) is 0 Å². The standard InChI is InChI=1S/C17H17N5O2/c1-24-15-6-2-13(3-7-15)4-9-17(23)21-14-5-8-16(19-10-14)22-12-18-11-20-22/h2-3,5-8,10-12H,4,9H2,1H3,(H,21,23). The lowest BCUT2D eigenvalue weighted by Gasteiger charge is -2.06. The Balaban J connectivity index is 1.52. The van der Waals surface area contributed by atoms with Crippen LogP contribution in [0.3, 0.4) is 0 Å². The highest BCUT2D eigenvalue weighted by molar-refractivity contribution is 5.90. The summed E-state index contributed by atoms with van der Waals surface area (Å²) in [6, 6.07) is 11.3. The number of carbonyl (C=O) groups is 1. The van der Waals surface area contributed by atoms with E-state index in [0.717, 1.165) is 11.3 Å². The number of benzene rings is 1. The van der Waals surface area contributed by atoms with Crippen LogP contribution < -0.4 is 10.1 Å². The van der Waals surface area contributed by atoms with Gasteiger partial charge in [0.05, 0.1) is 19.0 Å². The van der Waals surface area contributed by atoms with E-state index in [-0.39, 0.29) is 5.91 Å². The zero-order chi connectivity index (χ0) is 16.8. The number of aromatic nitrogens is 4. The number of methoxy groups -OCH3 is 1. The minimum absolute atomic E-state index is 0.0545. The maximum absolute atomic E-state index is 12.0. The van der Waals surface area contributed by atoms with Crippen LogP contribution in [0.2, 0.25) is 0 Å². The van der Waals surface area contributed by atoms with Crippen LogP contribution in [0.15, 0.2) is 55.2 Å². The Hall–Kier alpha value is -3.22. The Labute approximate surface area is 139 Å². The summed E-state index contributed by atoms with van der Waals surface area (Å²) in [6.07, 6.45) is 5.67. The van der Waals surface area contributed by atoms with E-state index in [9.17, 15) is 4.79 Å². The SMILES string of the molecule is COc1ccc(CCC(=O)Nc2ccc(-n3cncn3)nc2)cc1. The lowest BCUT2D eigenvalue weighted by atomic mass is 10.1. The van der Waals surface area contributed by atoms with Gasteiger partial charge >= 0.3 is 0 Å². The second kappa shape index (κ2) is 7.36. The van der Waals surface area contributed by atoms with E-state index in [0.29, 0.717) is 24.3 Å². The second-order valence-corrected chi connectivity index (χ2v) is 5.14. The molecule has 0 aliphatic heterocycles. The van der Waals surface area contributed by atoms with Crippen LogP contribution in [0.25, 0.3) is 5.82 Å². The monoisotopic (exact) mass is 323 g/mol. The number of ether oxygens (including phenoxy) is 1. The van der Waals surface area contributed by atoms with Gasteiger partial charge in [-0.1, -0.05) is 12.1 Å². The molecule has 0 saturated heterocycles. The Morgan fingerprint density at radius 1 is 1.21 bits per heavy atom. The van der Waals surface area contributed by atoms with Crippen molar-refractivity contribution in [2.75, 3.05) is 12.4 Å². The van der Waals surface area contributed by atoms with Crippen LogP contribution in [0.5, 0.6) is 5.75 Å². The molecule has 0 spiro atoms. The summed E-state index contributed by atoms with van der Waals surface area (Å²) in [7, 11) is 1.63. The lowest BCUT2D eigenvalue weighted by Crippen LogP contribution is -2.12. The maximum atomic E-state index is 12.0. The predicted molar refractivity (Wildman–Crippen MR) is 89.1 cm³/mol. The molecule has 24 heavy (non-hydrogen) atoms. The number of rotatable bonds is 6. The second-order valence-electron chi connectivity index (χ2n) is 5.14. The number of hydrogen-bond acceptors (Lipinski definition) is 5. The average molecular weight is 323 g/mol. The van der Waals surface area contributed by atoms with Crippen molar-refractivity contribution in [3.05, 3.63) is 60.8 Å². The van der Waals surface area contributed by atoms with Gasteiger partial charge in [-0.05, 0) is 36.2 Å². The quantitative estimate of drug-likeness (QED) is 0.752. The molecule has 7 nitrogen and oxygen atoms in total. The molecular formula is C17H17N5O2. The molecule has 2 aromatic heterocycles. The molecule has 0 fully saturated rings. The van der Waals surface area contributed by atoms with Crippen molar-refractivity contribution in [3.8, 4) is 11.6 Å². The molecule has 3 rings (SSSR count). The smallest absolute Gasteiger partial charge is 0.224 e. The minimum atomic E-state index is -0.0545. The van der Waals surface area contributed by atoms with Crippen molar-refractivity contribution in [1.82, 2.24) is 19.7 Å². The number of aryl methyl sites for hydroxylation is 1. The minimum Gasteiger partial charge on any atom is -0.497 e. The molecule has 3 aromatic rings. The Bertz CT molecular complexity index is 783. The number of anilines is 1. The van der Waals surface area contributed by atoms with Crippen LogP contribution in [0.4, 0.5) is 5.69 Å². The first-order chi connectivity index (χ1) is 11.7. The third-order valence-corrected chi connectivity index (χ3v) is 3.48. The van der Waals surface area contributed by atoms with Crippen LogP contribution in [-0.4, -0.2) is 32.8 Å². The zero-order valence-corrected chi connectivity index (χ0v) is 13.2. The Morgan fingerprint density at radius 2 is 2.04 bits per heavy atom. The van der Waals surface area contributed by atoms with E-state index in [1.165, 1.54) is 6.33 Å². The van der Waals surface area contributed by atoms with Gasteiger partial charge in [-0.3, -0.25) is 4.79 Å². The highest BCUT2D eigenvalue weighted by Crippen LogP contribution is 2.13. The van der Waals surface area contributed by atoms with Gasteiger partial charge < -0.3 is 10.1 Å². The largest absolute Gasteiger partial charge is 0.497 e. The zero-order valence-electron chi connectivity index (χ0n) is 13.2. The molecule has 2 heterocycles. The number of pyridine rings is 1. The van der Waals surface area contributed by atoms with Gasteiger partial charge in [0, 0.05) is 6.42 Å². The van der Waals surface area contributed by atoms with Crippen LogP contribution in [-0.2, 0) is 11.2 Å². The van der Waals surface area contributed by atoms with Gasteiger partial charge in [0.25, 0.3) is 0 Å². The summed E-state index contributed by atoms with van der Waals surface area (Å²) in [5.41, 5.74) is 1.74. The van der Waals surface area contributed by atoms with Gasteiger partial charge in [0.1, 0.15) is 18.4 Å². The van der Waals surface area contributed by atoms with Crippen molar-refractivity contribution in [3.63, 3.8) is 0 Å². The van der Waals surface area contributed by atoms with Crippen LogP contribution >= 0.6 is 0 Å². The first kappa shape index (κ1) is 15.7. The number of carbonyl (C=O) groups excluding carboxylic acids is 1. The van der Waals surface area contributed by atoms with Crippen molar-refractivity contribution in [2.24, 2.45) is 0 Å². The van der Waals surface area contributed by atoms with Crippen LogP contribution in [0, 0.1) is 0 Å². The van der Waals surface area contributed by atoms with Crippen molar-refractivity contribution >= 4 is 11.6 Å². The summed E-state index contributed by atoms with van der Waals surface area (Å²) in [6.45, 7) is 0. The molecule has 0 atom stereocenters. The number of amides is 1. The van der Waals surface area contributed by atoms with Gasteiger partial charge in [-0.2, -0.15) is 5.10 Å². The average Bonchev–Trinajstić information content (AvgIpc) is 3.16. The number of nitrogens with one attached hydrogen (secondary N) is 1. The maximum Gasteiger partial charge on any atom is 0.224 e. The molecule has 1 N–H and O–H groups in total. The summed E-state index contributed by atoms with van der Waals surface area (Å²) in [5, 5.41) is 6.84. The fourth-order valence-corrected chi connectivity index (χ4v) is 2.20. The Morgan fingerprint density at radius 3 is 2.67 bits per heavy atom. The first-order valence-electron chi connectivity index (χ1n) is 7.48. The van der Waals surface area contributed by atoms with E-state index < -0.39 is 0 Å². The molecule has 1 aromatic carbocycles. The van der Waals surface area contributed by atoms with Crippen molar-refractivity contribution < 1.29 is 9.53 Å². The third-order valence-electron chi connectivity index (χ3n) is 3.48. The molecule has 0 unspecified atom stereocenters. The highest BCUT2D eigenvalue weighted by Gasteiger charge is 2.05. The molecule has 0 aliphatic rings. The van der Waals surface area contributed by atoms with Crippen molar-refractivity contribution in [2.45, 2.75) is 12.8 Å². The fraction of sp³-hybridized carbons (Fsp3) is 0.176. The Kier molecular flexibility index (Phi) is 4.81. The highest BCUT2D eigenvalue weighted by atomic mass is 16.5. The lowest BCUT2D eigenvalue weighted by molar-refractivity contribution is -0.116. The molecule has 0 bridgehead atoms. The van der Waals surface area contributed by atoms with Gasteiger partial charge in [-0.25, -0.2) is 14.6 Å². The first-order valence-corrected chi connectivity index (χ1v) is 7.48. The summed E-state index contributed by atoms with van der Waals surface area (Å²) >= 11 is 0. The molecule has 0 aliphatic carbocycles. The van der Waals surface area contributed by atoms with Crippen LogP contribution in [0.1, 0.15) is 12.0 Å². The van der Waals surface area contributed by atoms with E-state index in [1.54, 1.807) is 36.4 Å². The fourth-order valence-electron chi connectivity index (χ4n) is 2.20. The third kappa shape index (κ3) is 3.95. The van der Waals surface area contributed by atoms with E-state index in [4.69, 9.17) is 4.74 Å². The van der Waals surface area contributed by atoms with Crippen molar-refractivity contribution in [1.29, 1.82) is 0 Å². The topological polar surface area (TPSA) is 81.9 Å². The molecule has 7 heteroatoms. The molecule has 122 valence electrons. The van der Waals surface area contributed by atoms with E-state index in [2.05, 4.69) is 20.4 Å². The predicted octanol–water partition coefficient (Wildman–Crippen LogP) is 2.24. The van der Waals surface area contributed by atoms with E-state index >= 15 is 0 Å². The molecular weight excluding hydrogens is 306 g/mol. The van der Waals surface area contributed by atoms with E-state index in [1.807, 2.05) is 24.3 Å². The van der Waals surface area contributed by atoms with Gasteiger partial charge in [0.2, 0.25) is 5.91 Å². The summed E-state index contributed by atoms with van der Waals surface area (Å²) < 4.78 is 6.66. The number of hydrogen-bond donors (Lipinski definition) is 1. The summed E-state index contributed by atoms with van der Waals surface area (Å²) in [4.78, 5) is 20.1. The molecule has 0 radical (unpaired) electrons. The van der Waals surface area contributed by atoms with Gasteiger partial charge in [0.15, 0.2) is 5.82 Å². The molecule has 0 saturated carbocycles. The number of nitrogens with zero attached hydrogens (tertiary/aromatic N) is 4. The molecule has 1 amide bonds.